The molecule has 1 saturated carbocycles. The van der Waals surface area contributed by atoms with Crippen LogP contribution in [-0.2, 0) is 0 Å². The average molecular weight is 330 g/mol. The van der Waals surface area contributed by atoms with E-state index in [0.29, 0.717) is 6.04 Å². The summed E-state index contributed by atoms with van der Waals surface area (Å²) in [6.07, 6.45) is 2.59. The van der Waals surface area contributed by atoms with E-state index in [1.807, 2.05) is 4.68 Å². The molecule has 0 aliphatic heterocycles. The Labute approximate surface area is 107 Å². The Morgan fingerprint density at radius 1 is 1.50 bits per heavy atom. The summed E-state index contributed by atoms with van der Waals surface area (Å²) in [6, 6.07) is 5.23. The molecule has 0 amide bonds. The van der Waals surface area contributed by atoms with Crippen LogP contribution in [0.3, 0.4) is 0 Å². The number of hydrogen-bond acceptors (Lipinski definition) is 1. The number of fused-ring (bicyclic) bond motifs is 1. The first-order valence-corrected chi connectivity index (χ1v) is 6.58. The normalized spacial score (nSPS) is 17.9. The van der Waals surface area contributed by atoms with E-state index in [0.717, 1.165) is 20.5 Å². The van der Waals surface area contributed by atoms with E-state index in [2.05, 4.69) is 34.6 Å². The predicted octanol–water partition coefficient (Wildman–Crippen LogP) is 3.75. The second-order valence-electron chi connectivity index (χ2n) is 4.47. The molecule has 1 unspecified atom stereocenters. The van der Waals surface area contributed by atoms with E-state index < -0.39 is 0 Å². The molecule has 0 radical (unpaired) electrons. The van der Waals surface area contributed by atoms with Gasteiger partial charge in [0.25, 0.3) is 0 Å². The fraction of sp³-hybridized carbons (Fsp3) is 0.417. The van der Waals surface area contributed by atoms with Crippen molar-refractivity contribution in [3.63, 3.8) is 0 Å². The lowest BCUT2D eigenvalue weighted by molar-refractivity contribution is 0.435. The zero-order valence-electron chi connectivity index (χ0n) is 8.95. The standard InChI is InChI=1S/C12H12FIN2/c1-7(8-2-3-8)16-12(14)10-6-9(13)4-5-11(10)15-16/h4-8H,2-3H2,1H3. The maximum atomic E-state index is 13.2. The van der Waals surface area contributed by atoms with Crippen LogP contribution < -0.4 is 0 Å². The van der Waals surface area contributed by atoms with E-state index in [4.69, 9.17) is 0 Å². The van der Waals surface area contributed by atoms with Crippen molar-refractivity contribution in [2.24, 2.45) is 5.92 Å². The van der Waals surface area contributed by atoms with Gasteiger partial charge in [-0.25, -0.2) is 4.39 Å². The first kappa shape index (κ1) is 10.5. The van der Waals surface area contributed by atoms with E-state index in [9.17, 15) is 4.39 Å². The number of hydrogen-bond donors (Lipinski definition) is 0. The van der Waals surface area contributed by atoms with Crippen molar-refractivity contribution < 1.29 is 4.39 Å². The van der Waals surface area contributed by atoms with Crippen molar-refractivity contribution in [1.29, 1.82) is 0 Å². The number of benzene rings is 1. The highest BCUT2D eigenvalue weighted by atomic mass is 127. The van der Waals surface area contributed by atoms with Gasteiger partial charge in [0.15, 0.2) is 0 Å². The first-order chi connectivity index (χ1) is 7.66. The van der Waals surface area contributed by atoms with Gasteiger partial charge >= 0.3 is 0 Å². The second-order valence-corrected chi connectivity index (χ2v) is 5.50. The lowest BCUT2D eigenvalue weighted by Crippen LogP contribution is -2.10. The smallest absolute Gasteiger partial charge is 0.124 e. The van der Waals surface area contributed by atoms with E-state index in [-0.39, 0.29) is 5.82 Å². The molecular formula is C12H12FIN2. The Bertz CT molecular complexity index is 545. The minimum Gasteiger partial charge on any atom is -0.255 e. The zero-order chi connectivity index (χ0) is 11.3. The SMILES string of the molecule is CC(C1CC1)n1nc2ccc(F)cc2c1I. The molecular weight excluding hydrogens is 318 g/mol. The molecule has 0 bridgehead atoms. The van der Waals surface area contributed by atoms with Crippen LogP contribution in [0.15, 0.2) is 18.2 Å². The van der Waals surface area contributed by atoms with Crippen LogP contribution in [0, 0.1) is 15.4 Å². The molecule has 0 spiro atoms. The van der Waals surface area contributed by atoms with Crippen LogP contribution in [0.1, 0.15) is 25.8 Å². The highest BCUT2D eigenvalue weighted by Gasteiger charge is 2.31. The quantitative estimate of drug-likeness (QED) is 0.767. The third-order valence-corrected chi connectivity index (χ3v) is 4.36. The van der Waals surface area contributed by atoms with Gasteiger partial charge in [-0.1, -0.05) is 0 Å². The lowest BCUT2D eigenvalue weighted by Gasteiger charge is -2.11. The topological polar surface area (TPSA) is 17.8 Å². The van der Waals surface area contributed by atoms with Gasteiger partial charge in [-0.15, -0.1) is 0 Å². The fourth-order valence-electron chi connectivity index (χ4n) is 2.09. The summed E-state index contributed by atoms with van der Waals surface area (Å²) in [4.78, 5) is 0. The summed E-state index contributed by atoms with van der Waals surface area (Å²) in [5.41, 5.74) is 0.887. The van der Waals surface area contributed by atoms with Crippen LogP contribution >= 0.6 is 22.6 Å². The zero-order valence-corrected chi connectivity index (χ0v) is 11.1. The third-order valence-electron chi connectivity index (χ3n) is 3.29. The van der Waals surface area contributed by atoms with Gasteiger partial charge in [-0.3, -0.25) is 4.68 Å². The van der Waals surface area contributed by atoms with Crippen molar-refractivity contribution in [3.05, 3.63) is 27.7 Å². The van der Waals surface area contributed by atoms with Crippen LogP contribution in [-0.4, -0.2) is 9.78 Å². The third kappa shape index (κ3) is 1.63. The molecule has 2 nitrogen and oxygen atoms in total. The van der Waals surface area contributed by atoms with Gasteiger partial charge in [0.2, 0.25) is 0 Å². The van der Waals surface area contributed by atoms with Gasteiger partial charge in [0.1, 0.15) is 9.52 Å². The Morgan fingerprint density at radius 3 is 2.94 bits per heavy atom. The van der Waals surface area contributed by atoms with Gasteiger partial charge in [-0.2, -0.15) is 5.10 Å². The molecule has 1 fully saturated rings. The molecule has 1 aliphatic carbocycles. The van der Waals surface area contributed by atoms with Crippen molar-refractivity contribution >= 4 is 33.5 Å². The molecule has 1 aliphatic rings. The Balaban J connectivity index is 2.14. The Kier molecular flexibility index (Phi) is 2.42. The molecule has 0 N–H and O–H groups in total. The molecule has 16 heavy (non-hydrogen) atoms. The first-order valence-electron chi connectivity index (χ1n) is 5.50. The molecule has 1 aromatic heterocycles. The van der Waals surface area contributed by atoms with Crippen LogP contribution in [0.25, 0.3) is 10.9 Å². The monoisotopic (exact) mass is 330 g/mol. The molecule has 2 aromatic rings. The molecule has 0 saturated heterocycles. The predicted molar refractivity (Wildman–Crippen MR) is 69.8 cm³/mol. The lowest BCUT2D eigenvalue weighted by atomic mass is 10.2. The number of aromatic nitrogens is 2. The Morgan fingerprint density at radius 2 is 2.25 bits per heavy atom. The molecule has 1 aromatic carbocycles. The summed E-state index contributed by atoms with van der Waals surface area (Å²) in [5.74, 6) is 0.566. The van der Waals surface area contributed by atoms with Gasteiger partial charge in [-0.05, 0) is 66.5 Å². The van der Waals surface area contributed by atoms with Crippen molar-refractivity contribution in [2.45, 2.75) is 25.8 Å². The van der Waals surface area contributed by atoms with Crippen LogP contribution in [0.4, 0.5) is 4.39 Å². The maximum Gasteiger partial charge on any atom is 0.124 e. The maximum absolute atomic E-state index is 13.2. The van der Waals surface area contributed by atoms with Crippen LogP contribution in [0.5, 0.6) is 0 Å². The van der Waals surface area contributed by atoms with Crippen molar-refractivity contribution in [3.8, 4) is 0 Å². The molecule has 1 heterocycles. The minimum atomic E-state index is -0.191. The average Bonchev–Trinajstić information content (AvgIpc) is 3.05. The van der Waals surface area contributed by atoms with Crippen LogP contribution in [0.2, 0.25) is 0 Å². The number of halogens is 2. The van der Waals surface area contributed by atoms with E-state index >= 15 is 0 Å². The summed E-state index contributed by atoms with van der Waals surface area (Å²) in [6.45, 7) is 2.20. The number of nitrogens with zero attached hydrogens (tertiary/aromatic N) is 2. The van der Waals surface area contributed by atoms with E-state index in [1.165, 1.54) is 18.9 Å². The summed E-state index contributed by atoms with van der Waals surface area (Å²) in [5, 5.41) is 5.48. The minimum absolute atomic E-state index is 0.191. The summed E-state index contributed by atoms with van der Waals surface area (Å²) >= 11 is 2.26. The van der Waals surface area contributed by atoms with Crippen molar-refractivity contribution in [2.75, 3.05) is 0 Å². The van der Waals surface area contributed by atoms with Gasteiger partial charge in [0.05, 0.1) is 11.6 Å². The summed E-state index contributed by atoms with van der Waals surface area (Å²) < 4.78 is 16.2. The highest BCUT2D eigenvalue weighted by Crippen LogP contribution is 2.40. The molecule has 1 atom stereocenters. The van der Waals surface area contributed by atoms with E-state index in [1.54, 1.807) is 12.1 Å². The summed E-state index contributed by atoms with van der Waals surface area (Å²) in [7, 11) is 0. The molecule has 4 heteroatoms. The molecule has 3 rings (SSSR count). The van der Waals surface area contributed by atoms with Crippen molar-refractivity contribution in [1.82, 2.24) is 9.78 Å². The molecule has 84 valence electrons. The Hall–Kier alpha value is -0.650. The largest absolute Gasteiger partial charge is 0.255 e. The second kappa shape index (κ2) is 3.68. The highest BCUT2D eigenvalue weighted by molar-refractivity contribution is 14.1. The fourth-order valence-corrected chi connectivity index (χ4v) is 3.07. The number of rotatable bonds is 2. The van der Waals surface area contributed by atoms with Gasteiger partial charge in [0, 0.05) is 5.39 Å². The van der Waals surface area contributed by atoms with Gasteiger partial charge < -0.3 is 0 Å².